The van der Waals surface area contributed by atoms with E-state index in [0.29, 0.717) is 36.4 Å². The summed E-state index contributed by atoms with van der Waals surface area (Å²) < 4.78 is 6.51. The van der Waals surface area contributed by atoms with E-state index < -0.39 is 23.6 Å². The molecule has 11 nitrogen and oxygen atoms in total. The molecule has 0 radical (unpaired) electrons. The molecule has 3 N–H and O–H groups in total. The van der Waals surface area contributed by atoms with Crippen molar-refractivity contribution < 1.29 is 23.9 Å². The number of fused-ring (bicyclic) bond motifs is 1. The Balaban J connectivity index is 1.50. The fraction of sp³-hybridized carbons (Fsp3) is 0.556. The third-order valence-corrected chi connectivity index (χ3v) is 6.15. The van der Waals surface area contributed by atoms with Crippen molar-refractivity contribution in [3.05, 3.63) is 34.4 Å². The number of aryl methyl sites for hydroxylation is 1. The monoisotopic (exact) mass is 527 g/mol. The van der Waals surface area contributed by atoms with E-state index in [-0.39, 0.29) is 35.6 Å². The maximum Gasteiger partial charge on any atom is 0.407 e. The zero-order chi connectivity index (χ0) is 27.9. The molecule has 1 aromatic carbocycles. The Bertz CT molecular complexity index is 1260. The second-order valence-corrected chi connectivity index (χ2v) is 10.5. The van der Waals surface area contributed by atoms with Crippen molar-refractivity contribution in [2.45, 2.75) is 90.7 Å². The quantitative estimate of drug-likeness (QED) is 0.316. The third kappa shape index (κ3) is 7.87. The van der Waals surface area contributed by atoms with E-state index in [0.717, 1.165) is 25.7 Å². The highest BCUT2D eigenvalue weighted by Gasteiger charge is 2.30. The third-order valence-electron chi connectivity index (χ3n) is 6.15. The van der Waals surface area contributed by atoms with Crippen LogP contribution in [0.5, 0.6) is 0 Å². The van der Waals surface area contributed by atoms with E-state index in [9.17, 15) is 24.0 Å². The molecule has 1 aliphatic heterocycles. The van der Waals surface area contributed by atoms with Gasteiger partial charge in [0, 0.05) is 19.4 Å². The van der Waals surface area contributed by atoms with Crippen LogP contribution in [0.1, 0.15) is 84.0 Å². The van der Waals surface area contributed by atoms with Gasteiger partial charge in [0.2, 0.25) is 17.7 Å². The van der Waals surface area contributed by atoms with Crippen LogP contribution < -0.4 is 21.5 Å². The fourth-order valence-corrected chi connectivity index (χ4v) is 4.38. The van der Waals surface area contributed by atoms with Crippen molar-refractivity contribution in [1.82, 2.24) is 20.2 Å². The molecule has 38 heavy (non-hydrogen) atoms. The number of unbranched alkanes of at least 4 members (excludes halogenated alkanes) is 4. The molecule has 0 saturated carbocycles. The number of amides is 4. The second-order valence-electron chi connectivity index (χ2n) is 10.5. The summed E-state index contributed by atoms with van der Waals surface area (Å²) in [6.45, 7) is 7.64. The summed E-state index contributed by atoms with van der Waals surface area (Å²) in [7, 11) is 0. The summed E-state index contributed by atoms with van der Waals surface area (Å²) in [5.74, 6) is -0.708. The summed E-state index contributed by atoms with van der Waals surface area (Å²) in [6.07, 6.45) is 4.61. The summed E-state index contributed by atoms with van der Waals surface area (Å²) in [6, 6.07) is 4.17. The van der Waals surface area contributed by atoms with Crippen LogP contribution in [0, 0.1) is 6.92 Å². The molecule has 0 aliphatic carbocycles. The zero-order valence-electron chi connectivity index (χ0n) is 22.5. The van der Waals surface area contributed by atoms with E-state index in [1.54, 1.807) is 25.1 Å². The van der Waals surface area contributed by atoms with Crippen LogP contribution >= 0.6 is 0 Å². The molecular formula is C27H37N5O6. The number of nitrogens with zero attached hydrogens (tertiary/aromatic N) is 2. The molecule has 1 aromatic heterocycles. The Hall–Kier alpha value is -3.76. The average Bonchev–Trinajstić information content (AvgIpc) is 2.81. The average molecular weight is 528 g/mol. The number of hydrogen-bond acceptors (Lipinski definition) is 7. The number of carbonyl (C=O) groups is 4. The van der Waals surface area contributed by atoms with Gasteiger partial charge in [0.05, 0.1) is 11.1 Å². The van der Waals surface area contributed by atoms with Crippen LogP contribution in [0.4, 0.5) is 10.5 Å². The summed E-state index contributed by atoms with van der Waals surface area (Å²) >= 11 is 0. The van der Waals surface area contributed by atoms with Crippen LogP contribution in [0.2, 0.25) is 0 Å². The van der Waals surface area contributed by atoms with Crippen LogP contribution in [-0.4, -0.2) is 45.5 Å². The minimum atomic E-state index is -0.802. The Morgan fingerprint density at radius 3 is 2.53 bits per heavy atom. The molecule has 0 bridgehead atoms. The molecule has 1 atom stereocenters. The predicted molar refractivity (Wildman–Crippen MR) is 143 cm³/mol. The molecule has 206 valence electrons. The second kappa shape index (κ2) is 12.7. The van der Waals surface area contributed by atoms with Gasteiger partial charge in [-0.2, -0.15) is 0 Å². The largest absolute Gasteiger partial charge is 0.444 e. The normalized spacial score (nSPS) is 15.7. The van der Waals surface area contributed by atoms with Gasteiger partial charge in [-0.05, 0) is 59.1 Å². The molecule has 11 heteroatoms. The Morgan fingerprint density at radius 1 is 1.11 bits per heavy atom. The first-order chi connectivity index (χ1) is 18.0. The molecule has 1 unspecified atom stereocenters. The number of ether oxygens (including phenoxy) is 1. The number of anilines is 1. The van der Waals surface area contributed by atoms with Crippen molar-refractivity contribution in [3.63, 3.8) is 0 Å². The number of alkyl carbamates (subject to hydrolysis) is 1. The highest BCUT2D eigenvalue weighted by Crippen LogP contribution is 2.23. The van der Waals surface area contributed by atoms with Gasteiger partial charge in [0.15, 0.2) is 0 Å². The fourth-order valence-electron chi connectivity index (χ4n) is 4.38. The van der Waals surface area contributed by atoms with Crippen LogP contribution in [-0.2, 0) is 19.1 Å². The maximum atomic E-state index is 13.2. The standard InChI is InChI=1S/C27H37N5O6/c1-17-29-23-18(25(36)32(17)20-14-15-22(34)31-24(20)35)11-10-12-19(23)30-21(33)13-8-6-5-7-9-16-28-26(37)38-27(2,3)4/h10-12,20H,5-9,13-16H2,1-4H3,(H,28,37)(H,30,33)(H,31,34,35). The summed E-state index contributed by atoms with van der Waals surface area (Å²) in [5, 5.41) is 8.16. The van der Waals surface area contributed by atoms with Crippen molar-refractivity contribution in [1.29, 1.82) is 0 Å². The van der Waals surface area contributed by atoms with Gasteiger partial charge in [0.25, 0.3) is 5.56 Å². The summed E-state index contributed by atoms with van der Waals surface area (Å²) in [5.41, 5.74) is -0.0967. The highest BCUT2D eigenvalue weighted by atomic mass is 16.6. The topological polar surface area (TPSA) is 148 Å². The van der Waals surface area contributed by atoms with Gasteiger partial charge < -0.3 is 15.4 Å². The van der Waals surface area contributed by atoms with Crippen molar-refractivity contribution in [2.75, 3.05) is 11.9 Å². The minimum Gasteiger partial charge on any atom is -0.444 e. The molecule has 2 aromatic rings. The van der Waals surface area contributed by atoms with Gasteiger partial charge in [-0.3, -0.25) is 29.1 Å². The molecule has 0 spiro atoms. The molecule has 2 heterocycles. The molecular weight excluding hydrogens is 490 g/mol. The van der Waals surface area contributed by atoms with Crippen LogP contribution in [0.25, 0.3) is 10.9 Å². The van der Waals surface area contributed by atoms with Crippen molar-refractivity contribution in [2.24, 2.45) is 0 Å². The van der Waals surface area contributed by atoms with E-state index in [1.807, 2.05) is 20.8 Å². The zero-order valence-corrected chi connectivity index (χ0v) is 22.5. The smallest absolute Gasteiger partial charge is 0.407 e. The number of carbonyl (C=O) groups excluding carboxylic acids is 4. The number of para-hydroxylation sites is 1. The lowest BCUT2D eigenvalue weighted by Gasteiger charge is -2.24. The highest BCUT2D eigenvalue weighted by molar-refractivity contribution is 6.01. The Kier molecular flexibility index (Phi) is 9.60. The first-order valence-electron chi connectivity index (χ1n) is 13.1. The van der Waals surface area contributed by atoms with E-state index in [2.05, 4.69) is 20.9 Å². The van der Waals surface area contributed by atoms with Crippen LogP contribution in [0.3, 0.4) is 0 Å². The number of nitrogens with one attached hydrogen (secondary N) is 3. The molecule has 1 fully saturated rings. The molecule has 3 rings (SSSR count). The lowest BCUT2D eigenvalue weighted by atomic mass is 10.1. The first kappa shape index (κ1) is 28.8. The van der Waals surface area contributed by atoms with E-state index >= 15 is 0 Å². The van der Waals surface area contributed by atoms with Crippen molar-refractivity contribution in [3.8, 4) is 0 Å². The number of aromatic nitrogens is 2. The lowest BCUT2D eigenvalue weighted by Crippen LogP contribution is -2.45. The number of benzene rings is 1. The number of rotatable bonds is 10. The van der Waals surface area contributed by atoms with Gasteiger partial charge in [-0.25, -0.2) is 9.78 Å². The SMILES string of the molecule is Cc1nc2c(NC(=O)CCCCCCCNC(=O)OC(C)(C)C)cccc2c(=O)n1C1CCC(=O)NC1=O. The number of hydrogen-bond donors (Lipinski definition) is 3. The Morgan fingerprint density at radius 2 is 1.82 bits per heavy atom. The van der Waals surface area contributed by atoms with Gasteiger partial charge in [-0.15, -0.1) is 0 Å². The van der Waals surface area contributed by atoms with Gasteiger partial charge in [0.1, 0.15) is 23.0 Å². The maximum absolute atomic E-state index is 13.2. The predicted octanol–water partition coefficient (Wildman–Crippen LogP) is 3.49. The van der Waals surface area contributed by atoms with Gasteiger partial charge in [-0.1, -0.05) is 25.3 Å². The molecule has 1 aliphatic rings. The van der Waals surface area contributed by atoms with Gasteiger partial charge >= 0.3 is 6.09 Å². The van der Waals surface area contributed by atoms with Crippen LogP contribution in [0.15, 0.2) is 23.0 Å². The Labute approximate surface area is 221 Å². The molecule has 4 amide bonds. The number of piperidine rings is 1. The van der Waals surface area contributed by atoms with E-state index in [4.69, 9.17) is 4.74 Å². The number of imide groups is 1. The first-order valence-corrected chi connectivity index (χ1v) is 13.1. The minimum absolute atomic E-state index is 0.152. The summed E-state index contributed by atoms with van der Waals surface area (Å²) in [4.78, 5) is 65.8. The van der Waals surface area contributed by atoms with E-state index in [1.165, 1.54) is 4.57 Å². The van der Waals surface area contributed by atoms with Crippen molar-refractivity contribution >= 4 is 40.4 Å². The molecule has 1 saturated heterocycles. The lowest BCUT2D eigenvalue weighted by molar-refractivity contribution is -0.135.